The van der Waals surface area contributed by atoms with Gasteiger partial charge in [-0.1, -0.05) is 48.0 Å². The molecule has 0 aliphatic carbocycles. The van der Waals surface area contributed by atoms with E-state index in [0.717, 1.165) is 18.1 Å². The number of halogens is 3. The van der Waals surface area contributed by atoms with E-state index in [2.05, 4.69) is 0 Å². The van der Waals surface area contributed by atoms with E-state index in [0.29, 0.717) is 22.9 Å². The lowest BCUT2D eigenvalue weighted by Gasteiger charge is -2.42. The van der Waals surface area contributed by atoms with Crippen LogP contribution in [0.2, 0.25) is 0 Å². The fourth-order valence-electron chi connectivity index (χ4n) is 4.23. The first-order chi connectivity index (χ1) is 16.4. The molecule has 0 bridgehead atoms. The van der Waals surface area contributed by atoms with Crippen molar-refractivity contribution in [2.45, 2.75) is 42.3 Å². The molecule has 0 amide bonds. The van der Waals surface area contributed by atoms with Crippen molar-refractivity contribution in [3.63, 3.8) is 0 Å². The van der Waals surface area contributed by atoms with Crippen molar-refractivity contribution < 1.29 is 26.7 Å². The highest BCUT2D eigenvalue weighted by atomic mass is 32.2. The summed E-state index contributed by atoms with van der Waals surface area (Å²) < 4.78 is 67.9. The zero-order valence-electron chi connectivity index (χ0n) is 19.4. The molecule has 1 saturated heterocycles. The first kappa shape index (κ1) is 25.7. The van der Waals surface area contributed by atoms with Crippen LogP contribution in [0.3, 0.4) is 0 Å². The molecule has 5 nitrogen and oxygen atoms in total. The van der Waals surface area contributed by atoms with Gasteiger partial charge in [0, 0.05) is 31.4 Å². The standard InChI is InChI=1S/C25H27F3N2O3S2/c1-18-5-7-19(8-6-18)16-22-17-29(35(32,33)23-4-3-15-34-23)13-14-30(22)21-11-9-20(10-12-21)24(2,31)25(26,27)28/h3-12,15,22,31H,13-14,16-17H2,1-2H3/t22-,24?/m1/s1. The Morgan fingerprint density at radius 3 is 2.26 bits per heavy atom. The quantitative estimate of drug-likeness (QED) is 0.496. The van der Waals surface area contributed by atoms with Crippen molar-refractivity contribution in [3.05, 3.63) is 82.7 Å². The molecule has 1 aromatic heterocycles. The van der Waals surface area contributed by atoms with Crippen molar-refractivity contribution in [1.82, 2.24) is 4.31 Å². The molecule has 0 radical (unpaired) electrons. The van der Waals surface area contributed by atoms with Gasteiger partial charge in [0.2, 0.25) is 0 Å². The van der Waals surface area contributed by atoms with Gasteiger partial charge in [0.05, 0.1) is 0 Å². The number of hydrogen-bond donors (Lipinski definition) is 1. The lowest BCUT2D eigenvalue weighted by atomic mass is 9.94. The lowest BCUT2D eigenvalue weighted by Crippen LogP contribution is -2.55. The van der Waals surface area contributed by atoms with Gasteiger partial charge in [-0.05, 0) is 55.0 Å². The van der Waals surface area contributed by atoms with E-state index in [4.69, 9.17) is 0 Å². The molecule has 1 unspecified atom stereocenters. The number of thiophene rings is 1. The smallest absolute Gasteiger partial charge is 0.376 e. The number of rotatable bonds is 6. The summed E-state index contributed by atoms with van der Waals surface area (Å²) in [7, 11) is -3.63. The lowest BCUT2D eigenvalue weighted by molar-refractivity contribution is -0.258. The number of sulfonamides is 1. The molecule has 35 heavy (non-hydrogen) atoms. The van der Waals surface area contributed by atoms with E-state index < -0.39 is 21.8 Å². The minimum absolute atomic E-state index is 0.227. The average Bonchev–Trinajstić information content (AvgIpc) is 3.36. The Balaban J connectivity index is 1.63. The molecule has 2 aromatic carbocycles. The van der Waals surface area contributed by atoms with Gasteiger partial charge in [0.1, 0.15) is 4.21 Å². The van der Waals surface area contributed by atoms with Crippen LogP contribution in [-0.2, 0) is 22.0 Å². The van der Waals surface area contributed by atoms with E-state index in [1.54, 1.807) is 29.6 Å². The molecule has 10 heteroatoms. The highest BCUT2D eigenvalue weighted by molar-refractivity contribution is 7.91. The highest BCUT2D eigenvalue weighted by Crippen LogP contribution is 2.39. The maximum absolute atomic E-state index is 13.3. The second-order valence-electron chi connectivity index (χ2n) is 8.95. The second-order valence-corrected chi connectivity index (χ2v) is 12.1. The van der Waals surface area contributed by atoms with E-state index >= 15 is 0 Å². The van der Waals surface area contributed by atoms with Crippen LogP contribution in [0.25, 0.3) is 0 Å². The van der Waals surface area contributed by atoms with E-state index in [1.807, 2.05) is 36.1 Å². The fourth-order valence-corrected chi connectivity index (χ4v) is 6.85. The summed E-state index contributed by atoms with van der Waals surface area (Å²) in [6.07, 6.45) is -4.23. The molecule has 188 valence electrons. The predicted molar refractivity (Wildman–Crippen MR) is 131 cm³/mol. The number of anilines is 1. The van der Waals surface area contributed by atoms with E-state index in [1.165, 1.54) is 27.8 Å². The van der Waals surface area contributed by atoms with Crippen LogP contribution in [0.4, 0.5) is 18.9 Å². The molecule has 2 atom stereocenters. The Bertz CT molecular complexity index is 1240. The Morgan fingerprint density at radius 1 is 1.03 bits per heavy atom. The Kier molecular flexibility index (Phi) is 7.02. The third-order valence-electron chi connectivity index (χ3n) is 6.44. The summed E-state index contributed by atoms with van der Waals surface area (Å²) >= 11 is 1.17. The minimum Gasteiger partial charge on any atom is -0.376 e. The van der Waals surface area contributed by atoms with Crippen LogP contribution in [0, 0.1) is 6.92 Å². The number of aliphatic hydroxyl groups is 1. The van der Waals surface area contributed by atoms with Crippen molar-refractivity contribution in [3.8, 4) is 0 Å². The van der Waals surface area contributed by atoms with Crippen LogP contribution in [0.1, 0.15) is 23.6 Å². The summed E-state index contributed by atoms with van der Waals surface area (Å²) in [6, 6.07) is 16.7. The van der Waals surface area contributed by atoms with Crippen LogP contribution >= 0.6 is 11.3 Å². The maximum Gasteiger partial charge on any atom is 0.421 e. The molecule has 3 aromatic rings. The zero-order chi connectivity index (χ0) is 25.4. The van der Waals surface area contributed by atoms with Gasteiger partial charge in [-0.25, -0.2) is 8.42 Å². The van der Waals surface area contributed by atoms with Gasteiger partial charge < -0.3 is 10.0 Å². The largest absolute Gasteiger partial charge is 0.421 e. The molecular weight excluding hydrogens is 497 g/mol. The van der Waals surface area contributed by atoms with Crippen molar-refractivity contribution in [1.29, 1.82) is 0 Å². The molecule has 1 fully saturated rings. The minimum atomic E-state index is -4.80. The second kappa shape index (κ2) is 9.57. The third kappa shape index (κ3) is 5.25. The van der Waals surface area contributed by atoms with Gasteiger partial charge in [0.25, 0.3) is 10.0 Å². The van der Waals surface area contributed by atoms with Crippen LogP contribution in [0.5, 0.6) is 0 Å². The number of aryl methyl sites for hydroxylation is 1. The Labute approximate surface area is 207 Å². The Hall–Kier alpha value is -2.40. The van der Waals surface area contributed by atoms with Gasteiger partial charge in [0.15, 0.2) is 5.60 Å². The van der Waals surface area contributed by atoms with Crippen LogP contribution < -0.4 is 4.90 Å². The predicted octanol–water partition coefficient (Wildman–Crippen LogP) is 4.95. The fraction of sp³-hybridized carbons (Fsp3) is 0.360. The number of nitrogens with zero attached hydrogens (tertiary/aromatic N) is 2. The highest BCUT2D eigenvalue weighted by Gasteiger charge is 2.51. The summed E-state index contributed by atoms with van der Waals surface area (Å²) in [4.78, 5) is 2.03. The van der Waals surface area contributed by atoms with Gasteiger partial charge in [-0.2, -0.15) is 17.5 Å². The van der Waals surface area contributed by atoms with Gasteiger partial charge in [-0.15, -0.1) is 11.3 Å². The summed E-state index contributed by atoms with van der Waals surface area (Å²) in [5.41, 5.74) is -0.374. The number of benzene rings is 2. The molecular formula is C25H27F3N2O3S2. The molecule has 0 spiro atoms. The maximum atomic E-state index is 13.3. The van der Waals surface area contributed by atoms with Gasteiger partial charge in [-0.3, -0.25) is 0 Å². The SMILES string of the molecule is Cc1ccc(C[C@@H]2CN(S(=O)(=O)c3cccs3)CCN2c2ccc(C(C)(O)C(F)(F)F)cc2)cc1. The van der Waals surface area contributed by atoms with Crippen molar-refractivity contribution in [2.75, 3.05) is 24.5 Å². The number of hydrogen-bond acceptors (Lipinski definition) is 5. The van der Waals surface area contributed by atoms with E-state index in [-0.39, 0.29) is 24.7 Å². The summed E-state index contributed by atoms with van der Waals surface area (Å²) in [6.45, 7) is 3.61. The number of alkyl halides is 3. The molecule has 1 aliphatic heterocycles. The van der Waals surface area contributed by atoms with Gasteiger partial charge >= 0.3 is 6.18 Å². The third-order valence-corrected chi connectivity index (χ3v) is 9.68. The monoisotopic (exact) mass is 524 g/mol. The molecule has 4 rings (SSSR count). The number of piperazine rings is 1. The Morgan fingerprint density at radius 2 is 1.69 bits per heavy atom. The normalized spacial score (nSPS) is 19.5. The molecule has 1 N–H and O–H groups in total. The first-order valence-electron chi connectivity index (χ1n) is 11.1. The molecule has 2 heterocycles. The van der Waals surface area contributed by atoms with E-state index in [9.17, 15) is 26.7 Å². The average molecular weight is 525 g/mol. The molecule has 1 aliphatic rings. The van der Waals surface area contributed by atoms with Crippen LogP contribution in [0.15, 0.2) is 70.3 Å². The summed E-state index contributed by atoms with van der Waals surface area (Å²) in [5, 5.41) is 11.7. The molecule has 0 saturated carbocycles. The van der Waals surface area contributed by atoms with Crippen molar-refractivity contribution >= 4 is 27.0 Å². The first-order valence-corrected chi connectivity index (χ1v) is 13.5. The van der Waals surface area contributed by atoms with Crippen molar-refractivity contribution in [2.24, 2.45) is 0 Å². The summed E-state index contributed by atoms with van der Waals surface area (Å²) in [5.74, 6) is 0. The zero-order valence-corrected chi connectivity index (χ0v) is 21.0. The van der Waals surface area contributed by atoms with Crippen LogP contribution in [-0.4, -0.2) is 49.7 Å². The topological polar surface area (TPSA) is 60.9 Å².